The van der Waals surface area contributed by atoms with Crippen LogP contribution in [0.25, 0.3) is 0 Å². The summed E-state index contributed by atoms with van der Waals surface area (Å²) in [7, 11) is 0. The Kier molecular flexibility index (Phi) is 3.56. The molecule has 1 heterocycles. The molecule has 1 aliphatic rings. The van der Waals surface area contributed by atoms with Crippen molar-refractivity contribution in [2.24, 2.45) is 0 Å². The predicted octanol–water partition coefficient (Wildman–Crippen LogP) is 2.32. The molecule has 1 aromatic heterocycles. The van der Waals surface area contributed by atoms with E-state index in [1.54, 1.807) is 12.4 Å². The van der Waals surface area contributed by atoms with Crippen molar-refractivity contribution in [1.82, 2.24) is 4.98 Å². The highest BCUT2D eigenvalue weighted by Gasteiger charge is 2.14. The van der Waals surface area contributed by atoms with Crippen LogP contribution in [0, 0.1) is 0 Å². The highest BCUT2D eigenvalue weighted by atomic mass is 16.3. The fraction of sp³-hybridized carbons (Fsp3) is 0.583. The highest BCUT2D eigenvalue weighted by molar-refractivity contribution is 5.49. The number of pyridine rings is 1. The van der Waals surface area contributed by atoms with Crippen LogP contribution in [-0.2, 0) is 6.61 Å². The summed E-state index contributed by atoms with van der Waals surface area (Å²) in [6.45, 7) is 0.0809. The highest BCUT2D eigenvalue weighted by Crippen LogP contribution is 2.23. The van der Waals surface area contributed by atoms with E-state index in [2.05, 4.69) is 10.3 Å². The summed E-state index contributed by atoms with van der Waals surface area (Å²) in [4.78, 5) is 4.09. The van der Waals surface area contributed by atoms with E-state index in [4.69, 9.17) is 0 Å². The van der Waals surface area contributed by atoms with Gasteiger partial charge in [-0.05, 0) is 18.9 Å². The minimum absolute atomic E-state index is 0.0809. The van der Waals surface area contributed by atoms with E-state index in [1.165, 1.54) is 32.1 Å². The summed E-state index contributed by atoms with van der Waals surface area (Å²) < 4.78 is 0. The Labute approximate surface area is 90.5 Å². The molecule has 82 valence electrons. The average molecular weight is 206 g/mol. The van der Waals surface area contributed by atoms with Crippen molar-refractivity contribution >= 4 is 5.69 Å². The monoisotopic (exact) mass is 206 g/mol. The summed E-state index contributed by atoms with van der Waals surface area (Å²) >= 11 is 0. The molecule has 0 bridgehead atoms. The molecular formula is C12H18N2O. The van der Waals surface area contributed by atoms with Crippen LogP contribution in [0.5, 0.6) is 0 Å². The molecule has 0 radical (unpaired) electrons. The molecule has 0 atom stereocenters. The Hall–Kier alpha value is -1.09. The molecule has 0 aromatic carbocycles. The van der Waals surface area contributed by atoms with Crippen molar-refractivity contribution in [3.05, 3.63) is 24.0 Å². The fourth-order valence-corrected chi connectivity index (χ4v) is 2.16. The van der Waals surface area contributed by atoms with E-state index in [-0.39, 0.29) is 6.61 Å². The van der Waals surface area contributed by atoms with Crippen LogP contribution in [0.3, 0.4) is 0 Å². The van der Waals surface area contributed by atoms with Crippen molar-refractivity contribution in [1.29, 1.82) is 0 Å². The van der Waals surface area contributed by atoms with Gasteiger partial charge in [0.05, 0.1) is 18.5 Å². The first-order valence-electron chi connectivity index (χ1n) is 5.70. The van der Waals surface area contributed by atoms with Gasteiger partial charge in [0, 0.05) is 17.8 Å². The first-order valence-corrected chi connectivity index (χ1v) is 5.70. The van der Waals surface area contributed by atoms with Crippen molar-refractivity contribution < 1.29 is 5.11 Å². The van der Waals surface area contributed by atoms with Gasteiger partial charge in [0.2, 0.25) is 0 Å². The number of aliphatic hydroxyl groups is 1. The number of hydrogen-bond donors (Lipinski definition) is 2. The second-order valence-corrected chi connectivity index (χ2v) is 4.17. The van der Waals surface area contributed by atoms with Gasteiger partial charge < -0.3 is 10.4 Å². The summed E-state index contributed by atoms with van der Waals surface area (Å²) in [5.41, 5.74) is 1.93. The van der Waals surface area contributed by atoms with Crippen molar-refractivity contribution in [2.75, 3.05) is 5.32 Å². The van der Waals surface area contributed by atoms with E-state index in [9.17, 15) is 5.11 Å². The maximum Gasteiger partial charge on any atom is 0.0703 e. The van der Waals surface area contributed by atoms with Gasteiger partial charge in [-0.15, -0.1) is 0 Å². The molecule has 0 amide bonds. The van der Waals surface area contributed by atoms with Crippen LogP contribution in [-0.4, -0.2) is 16.1 Å². The largest absolute Gasteiger partial charge is 0.392 e. The number of nitrogens with zero attached hydrogens (tertiary/aromatic N) is 1. The standard InChI is InChI=1S/C12H18N2O/c15-9-10-6-7-13-8-12(10)14-11-4-2-1-3-5-11/h6-8,11,14-15H,1-5,9H2. The third-order valence-electron chi connectivity index (χ3n) is 3.05. The first kappa shape index (κ1) is 10.4. The lowest BCUT2D eigenvalue weighted by molar-refractivity contribution is 0.282. The number of anilines is 1. The Morgan fingerprint density at radius 2 is 2.13 bits per heavy atom. The first-order chi connectivity index (χ1) is 7.40. The number of aromatic nitrogens is 1. The number of rotatable bonds is 3. The molecule has 0 unspecified atom stereocenters. The van der Waals surface area contributed by atoms with Crippen molar-refractivity contribution in [3.8, 4) is 0 Å². The maximum absolute atomic E-state index is 9.18. The minimum Gasteiger partial charge on any atom is -0.392 e. The average Bonchev–Trinajstić information content (AvgIpc) is 2.31. The summed E-state index contributed by atoms with van der Waals surface area (Å²) in [6.07, 6.45) is 9.98. The SMILES string of the molecule is OCc1ccncc1NC1CCCCC1. The van der Waals surface area contributed by atoms with Crippen LogP contribution in [0.1, 0.15) is 37.7 Å². The third kappa shape index (κ3) is 2.69. The molecule has 1 fully saturated rings. The molecule has 0 aliphatic heterocycles. The maximum atomic E-state index is 9.18. The van der Waals surface area contributed by atoms with Crippen LogP contribution < -0.4 is 5.32 Å². The van der Waals surface area contributed by atoms with E-state index in [0.29, 0.717) is 6.04 Å². The van der Waals surface area contributed by atoms with Gasteiger partial charge in [-0.3, -0.25) is 4.98 Å². The molecule has 3 heteroatoms. The van der Waals surface area contributed by atoms with Gasteiger partial charge in [0.1, 0.15) is 0 Å². The Morgan fingerprint density at radius 3 is 2.87 bits per heavy atom. The van der Waals surface area contributed by atoms with Gasteiger partial charge >= 0.3 is 0 Å². The van der Waals surface area contributed by atoms with Crippen LogP contribution >= 0.6 is 0 Å². The zero-order valence-electron chi connectivity index (χ0n) is 8.95. The van der Waals surface area contributed by atoms with E-state index in [1.807, 2.05) is 6.07 Å². The summed E-state index contributed by atoms with van der Waals surface area (Å²) in [5, 5.41) is 12.7. The molecule has 1 aliphatic carbocycles. The zero-order chi connectivity index (χ0) is 10.5. The van der Waals surface area contributed by atoms with E-state index in [0.717, 1.165) is 11.3 Å². The second-order valence-electron chi connectivity index (χ2n) is 4.17. The molecule has 0 saturated heterocycles. The van der Waals surface area contributed by atoms with Gasteiger partial charge in [-0.2, -0.15) is 0 Å². The summed E-state index contributed by atoms with van der Waals surface area (Å²) in [6, 6.07) is 2.43. The van der Waals surface area contributed by atoms with Gasteiger partial charge in [0.15, 0.2) is 0 Å². The molecule has 2 rings (SSSR count). The molecule has 2 N–H and O–H groups in total. The van der Waals surface area contributed by atoms with Crippen LogP contribution in [0.2, 0.25) is 0 Å². The van der Waals surface area contributed by atoms with E-state index >= 15 is 0 Å². The normalized spacial score (nSPS) is 17.7. The number of aliphatic hydroxyl groups excluding tert-OH is 1. The summed E-state index contributed by atoms with van der Waals surface area (Å²) in [5.74, 6) is 0. The van der Waals surface area contributed by atoms with E-state index < -0.39 is 0 Å². The molecule has 15 heavy (non-hydrogen) atoms. The smallest absolute Gasteiger partial charge is 0.0703 e. The predicted molar refractivity (Wildman–Crippen MR) is 60.7 cm³/mol. The Morgan fingerprint density at radius 1 is 1.33 bits per heavy atom. The van der Waals surface area contributed by atoms with Gasteiger partial charge in [-0.25, -0.2) is 0 Å². The van der Waals surface area contributed by atoms with Crippen molar-refractivity contribution in [2.45, 2.75) is 44.8 Å². The molecule has 3 nitrogen and oxygen atoms in total. The minimum atomic E-state index is 0.0809. The van der Waals surface area contributed by atoms with Gasteiger partial charge in [-0.1, -0.05) is 19.3 Å². The number of nitrogens with one attached hydrogen (secondary N) is 1. The topological polar surface area (TPSA) is 45.2 Å². The molecule has 0 spiro atoms. The third-order valence-corrected chi connectivity index (χ3v) is 3.05. The Bertz CT molecular complexity index is 308. The van der Waals surface area contributed by atoms with Crippen LogP contribution in [0.4, 0.5) is 5.69 Å². The lowest BCUT2D eigenvalue weighted by atomic mass is 9.95. The fourth-order valence-electron chi connectivity index (χ4n) is 2.16. The lowest BCUT2D eigenvalue weighted by Gasteiger charge is -2.24. The van der Waals surface area contributed by atoms with Gasteiger partial charge in [0.25, 0.3) is 0 Å². The van der Waals surface area contributed by atoms with Crippen LogP contribution in [0.15, 0.2) is 18.5 Å². The molecular weight excluding hydrogens is 188 g/mol. The molecule has 1 aromatic rings. The zero-order valence-corrected chi connectivity index (χ0v) is 8.95. The quantitative estimate of drug-likeness (QED) is 0.797. The Balaban J connectivity index is 2.02. The van der Waals surface area contributed by atoms with Crippen molar-refractivity contribution in [3.63, 3.8) is 0 Å². The number of hydrogen-bond acceptors (Lipinski definition) is 3. The molecule has 1 saturated carbocycles. The second kappa shape index (κ2) is 5.12. The lowest BCUT2D eigenvalue weighted by Crippen LogP contribution is -2.23.